The number of carbonyl (C=O) groups is 1. The largest absolute Gasteiger partial charge is 0.370 e. The Labute approximate surface area is 198 Å². The molecule has 0 saturated carbocycles. The maximum Gasteiger partial charge on any atom is 0.321 e. The molecular weight excluding hydrogens is 513 g/mol. The Hall–Kier alpha value is -2.08. The monoisotopic (exact) mass is 541 g/mol. The van der Waals surface area contributed by atoms with Crippen molar-refractivity contribution < 1.29 is 4.79 Å². The van der Waals surface area contributed by atoms with E-state index in [9.17, 15) is 4.79 Å². The van der Waals surface area contributed by atoms with Gasteiger partial charge in [0.15, 0.2) is 11.1 Å². The van der Waals surface area contributed by atoms with Gasteiger partial charge in [0.25, 0.3) is 0 Å². The van der Waals surface area contributed by atoms with Crippen LogP contribution in [0.25, 0.3) is 0 Å². The lowest BCUT2D eigenvalue weighted by molar-refractivity contribution is 0.222. The zero-order valence-electron chi connectivity index (χ0n) is 16.9. The number of hydrogen-bond donors (Lipinski definition) is 2. The fraction of sp³-hybridized carbons (Fsp3) is 0.450. The third-order valence-electron chi connectivity index (χ3n) is 5.29. The first-order chi connectivity index (χ1) is 14.2. The van der Waals surface area contributed by atoms with Crippen LogP contribution in [0, 0.1) is 0 Å². The van der Waals surface area contributed by atoms with Gasteiger partial charge in [-0.3, -0.25) is 0 Å². The zero-order chi connectivity index (χ0) is 20.1. The molecule has 2 amide bonds. The summed E-state index contributed by atoms with van der Waals surface area (Å²) in [7, 11) is 0. The third kappa shape index (κ3) is 5.75. The second-order valence-electron chi connectivity index (χ2n) is 7.29. The first-order valence-electron chi connectivity index (χ1n) is 10.0. The van der Waals surface area contributed by atoms with Crippen LogP contribution in [0.3, 0.4) is 0 Å². The SMILES string of the molecule is I.NC(=NCc1cccc(NC(=O)N2CCCC2)c1)N1CCN(c2nccs2)CC1. The summed E-state index contributed by atoms with van der Waals surface area (Å²) in [5, 5.41) is 6.04. The highest BCUT2D eigenvalue weighted by molar-refractivity contribution is 14.0. The molecule has 8 nitrogen and oxygen atoms in total. The molecule has 4 rings (SSSR count). The Morgan fingerprint density at radius 2 is 1.90 bits per heavy atom. The molecule has 2 aliphatic rings. The Morgan fingerprint density at radius 3 is 2.60 bits per heavy atom. The zero-order valence-corrected chi connectivity index (χ0v) is 20.0. The maximum absolute atomic E-state index is 12.3. The summed E-state index contributed by atoms with van der Waals surface area (Å²) in [5.41, 5.74) is 8.05. The number of nitrogens with one attached hydrogen (secondary N) is 1. The molecule has 3 N–H and O–H groups in total. The van der Waals surface area contributed by atoms with Crippen molar-refractivity contribution in [1.29, 1.82) is 0 Å². The molecule has 0 unspecified atom stereocenters. The standard InChI is InChI=1S/C20H27N7OS.HI/c21-18(25-9-11-27(12-10-25)20-22-6-13-29-20)23-15-16-4-3-5-17(14-16)24-19(28)26-7-1-2-8-26;/h3-6,13-14H,1-2,7-12,15H2,(H2,21,23)(H,24,28);1H. The van der Waals surface area contributed by atoms with Crippen LogP contribution in [0.5, 0.6) is 0 Å². The summed E-state index contributed by atoms with van der Waals surface area (Å²) in [6, 6.07) is 7.78. The number of carbonyl (C=O) groups excluding carboxylic acids is 1. The summed E-state index contributed by atoms with van der Waals surface area (Å²) in [6.45, 7) is 5.61. The predicted molar refractivity (Wildman–Crippen MR) is 133 cm³/mol. The minimum absolute atomic E-state index is 0. The Kier molecular flexibility index (Phi) is 8.14. The van der Waals surface area contributed by atoms with Crippen LogP contribution < -0.4 is 16.0 Å². The molecule has 2 fully saturated rings. The number of aromatic nitrogens is 1. The Bertz CT molecular complexity index is 847. The first-order valence-corrected chi connectivity index (χ1v) is 10.9. The smallest absolute Gasteiger partial charge is 0.321 e. The van der Waals surface area contributed by atoms with Gasteiger partial charge < -0.3 is 25.8 Å². The van der Waals surface area contributed by atoms with Crippen molar-refractivity contribution in [3.8, 4) is 0 Å². The number of benzene rings is 1. The summed E-state index contributed by atoms with van der Waals surface area (Å²) in [5.74, 6) is 0.565. The van der Waals surface area contributed by atoms with E-state index in [0.29, 0.717) is 12.5 Å². The molecule has 3 heterocycles. The Morgan fingerprint density at radius 1 is 1.13 bits per heavy atom. The van der Waals surface area contributed by atoms with Crippen molar-refractivity contribution in [3.05, 3.63) is 41.4 Å². The minimum Gasteiger partial charge on any atom is -0.370 e. The lowest BCUT2D eigenvalue weighted by Crippen LogP contribution is -2.51. The average molecular weight is 541 g/mol. The fourth-order valence-electron chi connectivity index (χ4n) is 3.64. The van der Waals surface area contributed by atoms with Crippen LogP contribution in [0.4, 0.5) is 15.6 Å². The van der Waals surface area contributed by atoms with E-state index in [-0.39, 0.29) is 30.0 Å². The minimum atomic E-state index is -0.0271. The molecule has 1 aromatic carbocycles. The molecule has 30 heavy (non-hydrogen) atoms. The van der Waals surface area contributed by atoms with Gasteiger partial charge in [0.2, 0.25) is 0 Å². The molecular formula is C20H28IN7OS. The number of thiazole rings is 1. The number of rotatable bonds is 4. The topological polar surface area (TPSA) is 90.1 Å². The van der Waals surface area contributed by atoms with Gasteiger partial charge in [-0.05, 0) is 30.5 Å². The highest BCUT2D eigenvalue weighted by Gasteiger charge is 2.20. The number of nitrogens with two attached hydrogens (primary N) is 1. The molecule has 1 aromatic heterocycles. The number of nitrogens with zero attached hydrogens (tertiary/aromatic N) is 5. The number of likely N-dealkylation sites (tertiary alicyclic amines) is 1. The van der Waals surface area contributed by atoms with Crippen LogP contribution in [0.1, 0.15) is 18.4 Å². The number of amides is 2. The van der Waals surface area contributed by atoms with Crippen molar-refractivity contribution in [2.75, 3.05) is 49.5 Å². The highest BCUT2D eigenvalue weighted by Crippen LogP contribution is 2.19. The van der Waals surface area contributed by atoms with Crippen LogP contribution in [0.15, 0.2) is 40.8 Å². The maximum atomic E-state index is 12.3. The van der Waals surface area contributed by atoms with E-state index in [1.54, 1.807) is 11.3 Å². The van der Waals surface area contributed by atoms with Crippen molar-refractivity contribution in [1.82, 2.24) is 14.8 Å². The number of aliphatic imine (C=N–C) groups is 1. The molecule has 162 valence electrons. The van der Waals surface area contributed by atoms with E-state index < -0.39 is 0 Å². The van der Waals surface area contributed by atoms with Gasteiger partial charge in [0.05, 0.1) is 6.54 Å². The number of piperazine rings is 1. The van der Waals surface area contributed by atoms with Crippen molar-refractivity contribution in [3.63, 3.8) is 0 Å². The molecule has 10 heteroatoms. The van der Waals surface area contributed by atoms with Crippen molar-refractivity contribution in [2.24, 2.45) is 10.7 Å². The quantitative estimate of drug-likeness (QED) is 0.353. The average Bonchev–Trinajstić information content (AvgIpc) is 3.47. The summed E-state index contributed by atoms with van der Waals surface area (Å²) in [6.07, 6.45) is 4.00. The fourth-order valence-corrected chi connectivity index (χ4v) is 4.34. The van der Waals surface area contributed by atoms with E-state index in [1.165, 1.54) is 0 Å². The number of urea groups is 1. The van der Waals surface area contributed by atoms with E-state index in [2.05, 4.69) is 25.1 Å². The molecule has 2 aromatic rings. The lowest BCUT2D eigenvalue weighted by atomic mass is 10.2. The van der Waals surface area contributed by atoms with Gasteiger partial charge in [-0.1, -0.05) is 12.1 Å². The second-order valence-corrected chi connectivity index (χ2v) is 8.16. The first kappa shape index (κ1) is 22.6. The van der Waals surface area contributed by atoms with E-state index in [4.69, 9.17) is 5.73 Å². The molecule has 0 radical (unpaired) electrons. The number of hydrogen-bond acceptors (Lipinski definition) is 5. The normalized spacial score (nSPS) is 17.1. The molecule has 0 bridgehead atoms. The van der Waals surface area contributed by atoms with Crippen LogP contribution in [-0.4, -0.2) is 66.0 Å². The number of anilines is 2. The third-order valence-corrected chi connectivity index (χ3v) is 6.12. The summed E-state index contributed by atoms with van der Waals surface area (Å²) < 4.78 is 0. The van der Waals surface area contributed by atoms with Crippen LogP contribution >= 0.6 is 35.3 Å². The van der Waals surface area contributed by atoms with E-state index in [1.807, 2.05) is 40.7 Å². The number of halogens is 1. The van der Waals surface area contributed by atoms with Crippen molar-refractivity contribution in [2.45, 2.75) is 19.4 Å². The molecule has 0 atom stereocenters. The summed E-state index contributed by atoms with van der Waals surface area (Å²) >= 11 is 1.66. The Balaban J connectivity index is 0.00000256. The number of guanidine groups is 1. The van der Waals surface area contributed by atoms with Crippen LogP contribution in [0.2, 0.25) is 0 Å². The molecule has 0 aliphatic carbocycles. The van der Waals surface area contributed by atoms with Crippen LogP contribution in [-0.2, 0) is 6.54 Å². The van der Waals surface area contributed by atoms with Gasteiger partial charge in [0, 0.05) is 56.5 Å². The van der Waals surface area contributed by atoms with Gasteiger partial charge in [-0.15, -0.1) is 35.3 Å². The molecule has 2 aliphatic heterocycles. The molecule has 2 saturated heterocycles. The van der Waals surface area contributed by atoms with Crippen molar-refractivity contribution >= 4 is 58.1 Å². The van der Waals surface area contributed by atoms with Gasteiger partial charge in [-0.2, -0.15) is 0 Å². The highest BCUT2D eigenvalue weighted by atomic mass is 127. The van der Waals surface area contributed by atoms with Gasteiger partial charge in [-0.25, -0.2) is 14.8 Å². The second kappa shape index (κ2) is 10.8. The lowest BCUT2D eigenvalue weighted by Gasteiger charge is -2.35. The van der Waals surface area contributed by atoms with Gasteiger partial charge in [0.1, 0.15) is 0 Å². The van der Waals surface area contributed by atoms with E-state index in [0.717, 1.165) is 68.5 Å². The predicted octanol–water partition coefficient (Wildman–Crippen LogP) is 3.03. The molecule has 0 spiro atoms. The summed E-state index contributed by atoms with van der Waals surface area (Å²) in [4.78, 5) is 27.5. The van der Waals surface area contributed by atoms with Gasteiger partial charge >= 0.3 is 6.03 Å². The van der Waals surface area contributed by atoms with E-state index >= 15 is 0 Å².